The number of rotatable bonds is 3. The van der Waals surface area contributed by atoms with Gasteiger partial charge in [0.05, 0.1) is 28.0 Å². The number of halogens is 2. The molecule has 0 saturated heterocycles. The summed E-state index contributed by atoms with van der Waals surface area (Å²) in [4.78, 5) is 4.39. The molecule has 0 amide bonds. The molecule has 0 saturated carbocycles. The molecular weight excluding hydrogens is 299 g/mol. The fourth-order valence-corrected chi connectivity index (χ4v) is 2.92. The van der Waals surface area contributed by atoms with Gasteiger partial charge in [-0.25, -0.2) is 9.37 Å². The highest BCUT2D eigenvalue weighted by Crippen LogP contribution is 2.33. The summed E-state index contributed by atoms with van der Waals surface area (Å²) in [7, 11) is 1.61. The zero-order valence-electron chi connectivity index (χ0n) is 10.5. The molecule has 0 aliphatic heterocycles. The maximum absolute atomic E-state index is 13.7. The van der Waals surface area contributed by atoms with Gasteiger partial charge in [0.1, 0.15) is 11.6 Å². The number of nitrogens with one attached hydrogen (secondary N) is 1. The van der Waals surface area contributed by atoms with Crippen molar-refractivity contribution in [2.45, 2.75) is 0 Å². The Kier molecular flexibility index (Phi) is 3.46. The van der Waals surface area contributed by atoms with Gasteiger partial charge in [0.2, 0.25) is 0 Å². The van der Waals surface area contributed by atoms with E-state index in [4.69, 9.17) is 16.3 Å². The van der Waals surface area contributed by atoms with Crippen molar-refractivity contribution in [3.63, 3.8) is 0 Å². The molecule has 0 fully saturated rings. The monoisotopic (exact) mass is 308 g/mol. The number of thiazole rings is 1. The molecule has 102 valence electrons. The van der Waals surface area contributed by atoms with E-state index in [1.54, 1.807) is 19.2 Å². The van der Waals surface area contributed by atoms with Crippen LogP contribution in [0.2, 0.25) is 5.02 Å². The van der Waals surface area contributed by atoms with Crippen LogP contribution in [0.1, 0.15) is 0 Å². The van der Waals surface area contributed by atoms with Gasteiger partial charge in [0, 0.05) is 0 Å². The van der Waals surface area contributed by atoms with Crippen molar-refractivity contribution in [2.75, 3.05) is 12.4 Å². The number of methoxy groups -OCH3 is 1. The second kappa shape index (κ2) is 5.26. The van der Waals surface area contributed by atoms with Crippen molar-refractivity contribution in [2.24, 2.45) is 0 Å². The standard InChI is InChI=1S/C14H10ClFN2OS/c1-19-8-5-6-11-12(7-8)20-14(17-11)18-13-9(15)3-2-4-10(13)16/h2-7H,1H3,(H,17,18). The van der Waals surface area contributed by atoms with E-state index in [1.165, 1.54) is 17.4 Å². The lowest BCUT2D eigenvalue weighted by Gasteiger charge is -2.05. The highest BCUT2D eigenvalue weighted by Gasteiger charge is 2.10. The highest BCUT2D eigenvalue weighted by molar-refractivity contribution is 7.22. The number of nitrogens with zero attached hydrogens (tertiary/aromatic N) is 1. The first-order valence-corrected chi connectivity index (χ1v) is 7.02. The normalized spacial score (nSPS) is 10.8. The van der Waals surface area contributed by atoms with Gasteiger partial charge in [-0.15, -0.1) is 0 Å². The molecule has 0 radical (unpaired) electrons. The minimum Gasteiger partial charge on any atom is -0.497 e. The number of hydrogen-bond donors (Lipinski definition) is 1. The molecule has 3 aromatic rings. The summed E-state index contributed by atoms with van der Waals surface area (Å²) in [5.74, 6) is 0.353. The van der Waals surface area contributed by atoms with Crippen molar-refractivity contribution in [3.05, 3.63) is 47.2 Å². The minimum absolute atomic E-state index is 0.236. The van der Waals surface area contributed by atoms with Crippen LogP contribution >= 0.6 is 22.9 Å². The van der Waals surface area contributed by atoms with Crippen molar-refractivity contribution < 1.29 is 9.13 Å². The van der Waals surface area contributed by atoms with Crippen LogP contribution in [0.4, 0.5) is 15.2 Å². The molecule has 1 heterocycles. The van der Waals surface area contributed by atoms with E-state index in [9.17, 15) is 4.39 Å². The predicted molar refractivity (Wildman–Crippen MR) is 80.9 cm³/mol. The van der Waals surface area contributed by atoms with Gasteiger partial charge in [0.25, 0.3) is 0 Å². The van der Waals surface area contributed by atoms with Crippen LogP contribution in [0.25, 0.3) is 10.2 Å². The molecule has 20 heavy (non-hydrogen) atoms. The molecule has 3 nitrogen and oxygen atoms in total. The van der Waals surface area contributed by atoms with Crippen molar-refractivity contribution in [1.82, 2.24) is 4.98 Å². The second-order valence-corrected chi connectivity index (χ2v) is 5.51. The van der Waals surface area contributed by atoms with Gasteiger partial charge in [0.15, 0.2) is 5.13 Å². The van der Waals surface area contributed by atoms with E-state index in [0.717, 1.165) is 16.0 Å². The van der Waals surface area contributed by atoms with E-state index in [0.29, 0.717) is 10.2 Å². The molecule has 0 aliphatic carbocycles. The Labute approximate surface area is 124 Å². The summed E-state index contributed by atoms with van der Waals surface area (Å²) in [6.07, 6.45) is 0. The largest absolute Gasteiger partial charge is 0.497 e. The van der Waals surface area contributed by atoms with Crippen molar-refractivity contribution in [3.8, 4) is 5.75 Å². The third-order valence-electron chi connectivity index (χ3n) is 2.79. The molecule has 0 unspecified atom stereocenters. The summed E-state index contributed by atoms with van der Waals surface area (Å²) in [6, 6.07) is 10.1. The Balaban J connectivity index is 1.99. The molecule has 1 aromatic heterocycles. The second-order valence-electron chi connectivity index (χ2n) is 4.07. The molecule has 0 bridgehead atoms. The Hall–Kier alpha value is -1.85. The number of benzene rings is 2. The zero-order chi connectivity index (χ0) is 14.1. The van der Waals surface area contributed by atoms with Crippen LogP contribution < -0.4 is 10.1 Å². The Bertz CT molecular complexity index is 755. The molecule has 1 N–H and O–H groups in total. The average molecular weight is 309 g/mol. The Morgan fingerprint density at radius 2 is 2.15 bits per heavy atom. The lowest BCUT2D eigenvalue weighted by atomic mass is 10.3. The third kappa shape index (κ3) is 2.42. The fraction of sp³-hybridized carbons (Fsp3) is 0.0714. The summed E-state index contributed by atoms with van der Waals surface area (Å²) in [5, 5.41) is 3.83. The molecular formula is C14H10ClFN2OS. The van der Waals surface area contributed by atoms with Gasteiger partial charge in [-0.05, 0) is 30.3 Å². The average Bonchev–Trinajstić information content (AvgIpc) is 2.84. The van der Waals surface area contributed by atoms with E-state index in [1.807, 2.05) is 18.2 Å². The van der Waals surface area contributed by atoms with Gasteiger partial charge >= 0.3 is 0 Å². The number of para-hydroxylation sites is 1. The van der Waals surface area contributed by atoms with Crippen molar-refractivity contribution in [1.29, 1.82) is 0 Å². The number of anilines is 2. The van der Waals surface area contributed by atoms with Crippen LogP contribution in [-0.4, -0.2) is 12.1 Å². The fourth-order valence-electron chi connectivity index (χ4n) is 1.81. The van der Waals surface area contributed by atoms with Crippen LogP contribution in [0.3, 0.4) is 0 Å². The van der Waals surface area contributed by atoms with Crippen LogP contribution in [0.5, 0.6) is 5.75 Å². The molecule has 6 heteroatoms. The van der Waals surface area contributed by atoms with Gasteiger partial charge in [-0.3, -0.25) is 0 Å². The first kappa shape index (κ1) is 13.1. The molecule has 0 atom stereocenters. The number of hydrogen-bond acceptors (Lipinski definition) is 4. The lowest BCUT2D eigenvalue weighted by molar-refractivity contribution is 0.415. The summed E-state index contributed by atoms with van der Waals surface area (Å²) in [6.45, 7) is 0. The van der Waals surface area contributed by atoms with Crippen LogP contribution in [0.15, 0.2) is 36.4 Å². The van der Waals surface area contributed by atoms with E-state index < -0.39 is 5.82 Å². The number of fused-ring (bicyclic) bond motifs is 1. The predicted octanol–water partition coefficient (Wildman–Crippen LogP) is 4.84. The third-order valence-corrected chi connectivity index (χ3v) is 4.04. The summed E-state index contributed by atoms with van der Waals surface area (Å²) in [5.41, 5.74) is 1.06. The zero-order valence-corrected chi connectivity index (χ0v) is 12.1. The molecule has 0 spiro atoms. The van der Waals surface area contributed by atoms with Crippen LogP contribution in [0, 0.1) is 5.82 Å². The maximum atomic E-state index is 13.7. The lowest BCUT2D eigenvalue weighted by Crippen LogP contribution is -1.93. The minimum atomic E-state index is -0.408. The SMILES string of the molecule is COc1ccc2nc(Nc3c(F)cccc3Cl)sc2c1. The quantitative estimate of drug-likeness (QED) is 0.751. The maximum Gasteiger partial charge on any atom is 0.188 e. The van der Waals surface area contributed by atoms with Crippen molar-refractivity contribution >= 4 is 44.0 Å². The topological polar surface area (TPSA) is 34.1 Å². The first-order valence-electron chi connectivity index (χ1n) is 5.83. The summed E-state index contributed by atoms with van der Waals surface area (Å²) >= 11 is 7.39. The smallest absolute Gasteiger partial charge is 0.188 e. The van der Waals surface area contributed by atoms with Crippen LogP contribution in [-0.2, 0) is 0 Å². The molecule has 0 aliphatic rings. The number of ether oxygens (including phenoxy) is 1. The molecule has 2 aromatic carbocycles. The molecule has 3 rings (SSSR count). The Morgan fingerprint density at radius 3 is 2.90 bits per heavy atom. The van der Waals surface area contributed by atoms with Gasteiger partial charge in [-0.1, -0.05) is 29.0 Å². The van der Waals surface area contributed by atoms with E-state index >= 15 is 0 Å². The van der Waals surface area contributed by atoms with Gasteiger partial charge < -0.3 is 10.1 Å². The van der Waals surface area contributed by atoms with E-state index in [2.05, 4.69) is 10.3 Å². The first-order chi connectivity index (χ1) is 9.67. The summed E-state index contributed by atoms with van der Waals surface area (Å²) < 4.78 is 19.8. The number of aromatic nitrogens is 1. The van der Waals surface area contributed by atoms with E-state index in [-0.39, 0.29) is 5.69 Å². The Morgan fingerprint density at radius 1 is 1.30 bits per heavy atom. The highest BCUT2D eigenvalue weighted by atomic mass is 35.5. The van der Waals surface area contributed by atoms with Gasteiger partial charge in [-0.2, -0.15) is 0 Å².